The molecule has 4 amide bonds. The van der Waals surface area contributed by atoms with Crippen LogP contribution >= 0.6 is 23.1 Å². The molecule has 0 unspecified atom stereocenters. The van der Waals surface area contributed by atoms with Crippen LogP contribution in [-0.2, 0) is 15.1 Å². The number of hydrogen-bond donors (Lipinski definition) is 2. The van der Waals surface area contributed by atoms with E-state index in [9.17, 15) is 14.4 Å². The third-order valence-electron chi connectivity index (χ3n) is 4.51. The Hall–Kier alpha value is -3.24. The van der Waals surface area contributed by atoms with Crippen LogP contribution in [0.2, 0.25) is 0 Å². The van der Waals surface area contributed by atoms with Gasteiger partial charge in [-0.3, -0.25) is 15.0 Å². The van der Waals surface area contributed by atoms with Crippen molar-refractivity contribution in [2.24, 2.45) is 0 Å². The van der Waals surface area contributed by atoms with E-state index >= 15 is 0 Å². The summed E-state index contributed by atoms with van der Waals surface area (Å²) < 4.78 is 0.641. The van der Waals surface area contributed by atoms with Gasteiger partial charge in [0.2, 0.25) is 5.91 Å². The minimum Gasteiger partial charge on any atom is -0.314 e. The molecule has 2 N–H and O–H groups in total. The van der Waals surface area contributed by atoms with Crippen molar-refractivity contribution in [2.45, 2.75) is 16.8 Å². The van der Waals surface area contributed by atoms with E-state index in [4.69, 9.17) is 0 Å². The zero-order valence-electron chi connectivity index (χ0n) is 15.9. The molecule has 10 heteroatoms. The predicted octanol–water partition coefficient (Wildman–Crippen LogP) is 2.47. The van der Waals surface area contributed by atoms with E-state index in [-0.39, 0.29) is 5.75 Å². The van der Waals surface area contributed by atoms with Crippen molar-refractivity contribution >= 4 is 40.9 Å². The fourth-order valence-corrected chi connectivity index (χ4v) is 4.79. The van der Waals surface area contributed by atoms with E-state index in [0.717, 1.165) is 10.0 Å². The lowest BCUT2D eigenvalue weighted by atomic mass is 9.83. The molecular formula is C20H17N5O3S2. The molecule has 30 heavy (non-hydrogen) atoms. The number of carbonyl (C=O) groups is 3. The van der Waals surface area contributed by atoms with Gasteiger partial charge in [-0.25, -0.2) is 4.79 Å². The number of rotatable bonds is 6. The molecule has 0 saturated carbocycles. The molecule has 1 aliphatic heterocycles. The standard InChI is InChI=1S/C20H17N5O3S2/c1-13-22-23-19(30-13)29-12-16(26)24-25-17(27)20(21-18(25)28,14-8-4-2-5-9-14)15-10-6-3-7-11-15/h2-11H,12H2,1H3,(H,21,28)(H,24,26). The van der Waals surface area contributed by atoms with Gasteiger partial charge in [0.15, 0.2) is 9.88 Å². The number of nitrogens with zero attached hydrogens (tertiary/aromatic N) is 3. The number of thioether (sulfide) groups is 1. The molecule has 0 radical (unpaired) electrons. The molecule has 0 bridgehead atoms. The second-order valence-electron chi connectivity index (χ2n) is 6.46. The lowest BCUT2D eigenvalue weighted by Crippen LogP contribution is -2.49. The second kappa shape index (κ2) is 8.25. The van der Waals surface area contributed by atoms with Gasteiger partial charge in [-0.2, -0.15) is 5.01 Å². The number of hydrogen-bond acceptors (Lipinski definition) is 7. The van der Waals surface area contributed by atoms with Crippen LogP contribution in [0.5, 0.6) is 0 Å². The van der Waals surface area contributed by atoms with Crippen molar-refractivity contribution in [3.8, 4) is 0 Å². The SMILES string of the molecule is Cc1nnc(SCC(=O)NN2C(=O)NC(c3ccccc3)(c3ccccc3)C2=O)s1. The summed E-state index contributed by atoms with van der Waals surface area (Å²) in [6, 6.07) is 17.2. The summed E-state index contributed by atoms with van der Waals surface area (Å²) in [6.07, 6.45) is 0. The van der Waals surface area contributed by atoms with Crippen LogP contribution in [0.25, 0.3) is 0 Å². The van der Waals surface area contributed by atoms with Crippen molar-refractivity contribution in [3.05, 3.63) is 76.8 Å². The van der Waals surface area contributed by atoms with Gasteiger partial charge in [-0.15, -0.1) is 10.2 Å². The zero-order chi connectivity index (χ0) is 21.1. The molecule has 152 valence electrons. The summed E-state index contributed by atoms with van der Waals surface area (Å²) in [5.74, 6) is -1.07. The average Bonchev–Trinajstić information content (AvgIpc) is 3.30. The number of carbonyl (C=O) groups excluding carboxylic acids is 3. The van der Waals surface area contributed by atoms with Gasteiger partial charge in [0, 0.05) is 0 Å². The Morgan fingerprint density at radius 3 is 2.20 bits per heavy atom. The van der Waals surface area contributed by atoms with Crippen LogP contribution < -0.4 is 10.7 Å². The second-order valence-corrected chi connectivity index (χ2v) is 8.87. The van der Waals surface area contributed by atoms with E-state index in [1.165, 1.54) is 23.1 Å². The average molecular weight is 440 g/mol. The summed E-state index contributed by atoms with van der Waals surface area (Å²) in [5, 5.41) is 12.2. The summed E-state index contributed by atoms with van der Waals surface area (Å²) in [4.78, 5) is 38.6. The topological polar surface area (TPSA) is 104 Å². The Morgan fingerprint density at radius 2 is 1.67 bits per heavy atom. The molecular weight excluding hydrogens is 422 g/mol. The first kappa shape index (κ1) is 20.0. The van der Waals surface area contributed by atoms with E-state index in [0.29, 0.717) is 15.5 Å². The number of nitrogens with one attached hydrogen (secondary N) is 2. The number of urea groups is 1. The first-order chi connectivity index (χ1) is 14.5. The molecule has 2 aromatic carbocycles. The van der Waals surface area contributed by atoms with E-state index in [1.54, 1.807) is 48.5 Å². The largest absolute Gasteiger partial charge is 0.344 e. The third kappa shape index (κ3) is 3.66. The van der Waals surface area contributed by atoms with Crippen molar-refractivity contribution in [1.29, 1.82) is 0 Å². The summed E-state index contributed by atoms with van der Waals surface area (Å²) in [6.45, 7) is 1.82. The van der Waals surface area contributed by atoms with E-state index < -0.39 is 23.4 Å². The molecule has 0 spiro atoms. The maximum Gasteiger partial charge on any atom is 0.344 e. The highest BCUT2D eigenvalue weighted by Gasteiger charge is 2.54. The fourth-order valence-electron chi connectivity index (χ4n) is 3.19. The van der Waals surface area contributed by atoms with Crippen LogP contribution in [0.1, 0.15) is 16.1 Å². The molecule has 0 aliphatic carbocycles. The number of hydrazine groups is 1. The van der Waals surface area contributed by atoms with Gasteiger partial charge in [0.25, 0.3) is 5.91 Å². The highest BCUT2D eigenvalue weighted by atomic mass is 32.2. The lowest BCUT2D eigenvalue weighted by Gasteiger charge is -2.27. The number of aryl methyl sites for hydroxylation is 1. The highest BCUT2D eigenvalue weighted by Crippen LogP contribution is 2.35. The van der Waals surface area contributed by atoms with Gasteiger partial charge >= 0.3 is 6.03 Å². The van der Waals surface area contributed by atoms with Crippen LogP contribution in [0.15, 0.2) is 65.0 Å². The molecule has 0 atom stereocenters. The lowest BCUT2D eigenvalue weighted by molar-refractivity contribution is -0.137. The minimum atomic E-state index is -1.42. The fraction of sp³-hybridized carbons (Fsp3) is 0.150. The Labute approximate surface area is 180 Å². The molecule has 8 nitrogen and oxygen atoms in total. The summed E-state index contributed by atoms with van der Waals surface area (Å²) in [5.41, 5.74) is 2.20. The van der Waals surface area contributed by atoms with Crippen LogP contribution in [0, 0.1) is 6.92 Å². The van der Waals surface area contributed by atoms with Gasteiger partial charge in [-0.1, -0.05) is 83.8 Å². The van der Waals surface area contributed by atoms with E-state index in [1.807, 2.05) is 19.1 Å². The van der Waals surface area contributed by atoms with E-state index in [2.05, 4.69) is 20.9 Å². The van der Waals surface area contributed by atoms with Gasteiger partial charge in [0.1, 0.15) is 5.01 Å². The molecule has 1 fully saturated rings. The Balaban J connectivity index is 1.58. The normalized spacial score (nSPS) is 15.2. The number of benzene rings is 2. The highest BCUT2D eigenvalue weighted by molar-refractivity contribution is 8.01. The van der Waals surface area contributed by atoms with Crippen molar-refractivity contribution in [1.82, 2.24) is 25.9 Å². The summed E-state index contributed by atoms with van der Waals surface area (Å²) >= 11 is 2.56. The van der Waals surface area contributed by atoms with Crippen LogP contribution in [0.4, 0.5) is 4.79 Å². The quantitative estimate of drug-likeness (QED) is 0.452. The number of imide groups is 1. The molecule has 1 aliphatic rings. The van der Waals surface area contributed by atoms with Gasteiger partial charge < -0.3 is 5.32 Å². The summed E-state index contributed by atoms with van der Waals surface area (Å²) in [7, 11) is 0. The third-order valence-corrected chi connectivity index (χ3v) is 6.48. The van der Waals surface area contributed by atoms with Crippen LogP contribution in [-0.4, -0.2) is 38.8 Å². The van der Waals surface area contributed by atoms with Gasteiger partial charge in [-0.05, 0) is 18.1 Å². The Morgan fingerprint density at radius 1 is 1.07 bits per heavy atom. The Bertz CT molecular complexity index is 1050. The minimum absolute atomic E-state index is 0.00460. The van der Waals surface area contributed by atoms with Crippen molar-refractivity contribution < 1.29 is 14.4 Å². The predicted molar refractivity (Wildman–Crippen MR) is 113 cm³/mol. The molecule has 4 rings (SSSR count). The van der Waals surface area contributed by atoms with Gasteiger partial charge in [0.05, 0.1) is 5.75 Å². The van der Waals surface area contributed by atoms with Crippen molar-refractivity contribution in [2.75, 3.05) is 5.75 Å². The maximum absolute atomic E-state index is 13.5. The molecule has 2 heterocycles. The van der Waals surface area contributed by atoms with Crippen molar-refractivity contribution in [3.63, 3.8) is 0 Å². The monoisotopic (exact) mass is 439 g/mol. The zero-order valence-corrected chi connectivity index (χ0v) is 17.5. The van der Waals surface area contributed by atoms with Crippen LogP contribution in [0.3, 0.4) is 0 Å². The first-order valence-electron chi connectivity index (χ1n) is 9.01. The maximum atomic E-state index is 13.5. The molecule has 1 saturated heterocycles. The Kier molecular flexibility index (Phi) is 5.51. The number of aromatic nitrogens is 2. The smallest absolute Gasteiger partial charge is 0.314 e. The molecule has 1 aromatic heterocycles. The molecule has 3 aromatic rings. The first-order valence-corrected chi connectivity index (χ1v) is 10.8. The number of amides is 4.